The number of hydrogen-bond acceptors (Lipinski definition) is 1. The van der Waals surface area contributed by atoms with Crippen molar-refractivity contribution in [2.45, 2.75) is 156 Å². The van der Waals surface area contributed by atoms with E-state index in [-0.39, 0.29) is 5.41 Å². The van der Waals surface area contributed by atoms with Crippen molar-refractivity contribution in [3.8, 4) is 0 Å². The zero-order chi connectivity index (χ0) is 21.9. The van der Waals surface area contributed by atoms with Gasteiger partial charge in [-0.05, 0) is 25.7 Å². The molecule has 0 aliphatic heterocycles. The van der Waals surface area contributed by atoms with Gasteiger partial charge >= 0.3 is 0 Å². The molecular formula is C28H55NO. The smallest absolute Gasteiger partial charge is 0.228 e. The average molecular weight is 422 g/mol. The van der Waals surface area contributed by atoms with E-state index in [1.807, 2.05) is 0 Å². The quantitative estimate of drug-likeness (QED) is 0.190. The van der Waals surface area contributed by atoms with E-state index >= 15 is 0 Å². The minimum absolute atomic E-state index is 0.0709. The van der Waals surface area contributed by atoms with Crippen LogP contribution in [0.4, 0.5) is 0 Å². The van der Waals surface area contributed by atoms with Crippen LogP contribution in [-0.2, 0) is 4.79 Å². The first kappa shape index (κ1) is 27.5. The van der Waals surface area contributed by atoms with Gasteiger partial charge in [0.15, 0.2) is 0 Å². The van der Waals surface area contributed by atoms with Gasteiger partial charge in [-0.3, -0.25) is 4.79 Å². The second kappa shape index (κ2) is 18.1. The summed E-state index contributed by atoms with van der Waals surface area (Å²) in [5.74, 6) is 0.480. The Kier molecular flexibility index (Phi) is 16.6. The highest BCUT2D eigenvalue weighted by Crippen LogP contribution is 2.37. The van der Waals surface area contributed by atoms with Gasteiger partial charge in [-0.2, -0.15) is 0 Å². The molecule has 0 aromatic heterocycles. The Hall–Kier alpha value is -0.530. The van der Waals surface area contributed by atoms with E-state index in [0.717, 1.165) is 25.9 Å². The molecule has 0 unspecified atom stereocenters. The zero-order valence-electron chi connectivity index (χ0n) is 21.1. The average Bonchev–Trinajstić information content (AvgIpc) is 2.76. The Morgan fingerprint density at radius 1 is 0.600 bits per heavy atom. The first-order chi connectivity index (χ1) is 14.6. The van der Waals surface area contributed by atoms with Gasteiger partial charge < -0.3 is 4.90 Å². The molecule has 0 bridgehead atoms. The molecule has 0 atom stereocenters. The monoisotopic (exact) mass is 421 g/mol. The van der Waals surface area contributed by atoms with E-state index in [0.29, 0.717) is 5.91 Å². The summed E-state index contributed by atoms with van der Waals surface area (Å²) in [6, 6.07) is 0. The summed E-state index contributed by atoms with van der Waals surface area (Å²) in [6.45, 7) is 8.82. The van der Waals surface area contributed by atoms with Crippen LogP contribution in [-0.4, -0.2) is 23.9 Å². The van der Waals surface area contributed by atoms with E-state index in [1.165, 1.54) is 122 Å². The van der Waals surface area contributed by atoms with Crippen LogP contribution >= 0.6 is 0 Å². The van der Waals surface area contributed by atoms with Crippen molar-refractivity contribution in [1.82, 2.24) is 4.90 Å². The third-order valence-electron chi connectivity index (χ3n) is 7.32. The largest absolute Gasteiger partial charge is 0.342 e. The molecule has 0 aromatic rings. The minimum atomic E-state index is -0.0709. The number of carbonyl (C=O) groups excluding carboxylic acids is 1. The van der Waals surface area contributed by atoms with Crippen LogP contribution < -0.4 is 0 Å². The van der Waals surface area contributed by atoms with E-state index in [9.17, 15) is 4.79 Å². The highest BCUT2D eigenvalue weighted by atomic mass is 16.2. The van der Waals surface area contributed by atoms with Crippen molar-refractivity contribution < 1.29 is 4.79 Å². The van der Waals surface area contributed by atoms with E-state index in [2.05, 4.69) is 25.7 Å². The van der Waals surface area contributed by atoms with Crippen LogP contribution in [0.1, 0.15) is 156 Å². The molecule has 2 nitrogen and oxygen atoms in total. The number of hydrogen-bond donors (Lipinski definition) is 0. The SMILES string of the molecule is CCCCCCCCCCN(CCCCCCCCCC)C(=O)C1(C)CCCCC1. The first-order valence-corrected chi connectivity index (χ1v) is 13.9. The topological polar surface area (TPSA) is 20.3 Å². The molecule has 1 rings (SSSR count). The molecular weight excluding hydrogens is 366 g/mol. The summed E-state index contributed by atoms with van der Waals surface area (Å²) in [5, 5.41) is 0. The van der Waals surface area contributed by atoms with Crippen molar-refractivity contribution in [3.05, 3.63) is 0 Å². The highest BCUT2D eigenvalue weighted by molar-refractivity contribution is 5.82. The van der Waals surface area contributed by atoms with Gasteiger partial charge in [0.05, 0.1) is 0 Å². The van der Waals surface area contributed by atoms with Gasteiger partial charge in [-0.15, -0.1) is 0 Å². The minimum Gasteiger partial charge on any atom is -0.342 e. The Balaban J connectivity index is 2.33. The number of carbonyl (C=O) groups is 1. The van der Waals surface area contributed by atoms with Crippen molar-refractivity contribution >= 4 is 5.91 Å². The molecule has 1 aliphatic carbocycles. The first-order valence-electron chi connectivity index (χ1n) is 13.9. The lowest BCUT2D eigenvalue weighted by atomic mass is 9.74. The number of unbranched alkanes of at least 4 members (excludes halogenated alkanes) is 14. The van der Waals surface area contributed by atoms with Crippen molar-refractivity contribution in [2.24, 2.45) is 5.41 Å². The summed E-state index contributed by atoms with van der Waals surface area (Å²) in [7, 11) is 0. The lowest BCUT2D eigenvalue weighted by Crippen LogP contribution is -2.44. The molecule has 178 valence electrons. The molecule has 1 amide bonds. The highest BCUT2D eigenvalue weighted by Gasteiger charge is 2.37. The number of nitrogens with zero attached hydrogens (tertiary/aromatic N) is 1. The maximum Gasteiger partial charge on any atom is 0.228 e. The fourth-order valence-corrected chi connectivity index (χ4v) is 5.12. The van der Waals surface area contributed by atoms with Crippen LogP contribution in [0.5, 0.6) is 0 Å². The lowest BCUT2D eigenvalue weighted by Gasteiger charge is -2.37. The van der Waals surface area contributed by atoms with Gasteiger partial charge in [0.2, 0.25) is 5.91 Å². The molecule has 1 fully saturated rings. The summed E-state index contributed by atoms with van der Waals surface area (Å²) >= 11 is 0. The third-order valence-corrected chi connectivity index (χ3v) is 7.32. The van der Waals surface area contributed by atoms with Crippen LogP contribution in [0, 0.1) is 5.41 Å². The molecule has 1 aliphatic rings. The molecule has 0 radical (unpaired) electrons. The standard InChI is InChI=1S/C28H55NO/c1-4-6-8-10-12-14-16-21-25-29(26-22-17-15-13-11-9-7-5-2)27(30)28(3)23-19-18-20-24-28/h4-26H2,1-3H3. The number of rotatable bonds is 19. The van der Waals surface area contributed by atoms with Gasteiger partial charge in [0, 0.05) is 18.5 Å². The fraction of sp³-hybridized carbons (Fsp3) is 0.964. The van der Waals surface area contributed by atoms with E-state index in [1.54, 1.807) is 0 Å². The molecule has 0 saturated heterocycles. The Morgan fingerprint density at radius 2 is 0.967 bits per heavy atom. The summed E-state index contributed by atoms with van der Waals surface area (Å²) in [5.41, 5.74) is -0.0709. The molecule has 30 heavy (non-hydrogen) atoms. The predicted molar refractivity (Wildman–Crippen MR) is 133 cm³/mol. The third kappa shape index (κ3) is 12.4. The van der Waals surface area contributed by atoms with Gasteiger partial charge in [0.1, 0.15) is 0 Å². The summed E-state index contributed by atoms with van der Waals surface area (Å²) in [4.78, 5) is 15.7. The Bertz CT molecular complexity index is 379. The second-order valence-electron chi connectivity index (χ2n) is 10.4. The van der Waals surface area contributed by atoms with Crippen LogP contribution in [0.25, 0.3) is 0 Å². The molecule has 2 heteroatoms. The normalized spacial score (nSPS) is 16.0. The van der Waals surface area contributed by atoms with Crippen molar-refractivity contribution in [2.75, 3.05) is 13.1 Å². The summed E-state index contributed by atoms with van der Waals surface area (Å²) < 4.78 is 0. The summed E-state index contributed by atoms with van der Waals surface area (Å²) in [6.07, 6.45) is 27.5. The van der Waals surface area contributed by atoms with Crippen LogP contribution in [0.3, 0.4) is 0 Å². The Labute approximate surface area is 190 Å². The molecule has 0 heterocycles. The predicted octanol–water partition coefficient (Wildman–Crippen LogP) is 9.07. The van der Waals surface area contributed by atoms with Crippen molar-refractivity contribution in [3.63, 3.8) is 0 Å². The maximum atomic E-state index is 13.4. The van der Waals surface area contributed by atoms with Crippen LogP contribution in [0.2, 0.25) is 0 Å². The molecule has 0 spiro atoms. The van der Waals surface area contributed by atoms with Gasteiger partial charge in [-0.25, -0.2) is 0 Å². The maximum absolute atomic E-state index is 13.4. The molecule has 0 N–H and O–H groups in total. The fourth-order valence-electron chi connectivity index (χ4n) is 5.12. The van der Waals surface area contributed by atoms with Crippen molar-refractivity contribution in [1.29, 1.82) is 0 Å². The second-order valence-corrected chi connectivity index (χ2v) is 10.4. The number of amides is 1. The molecule has 1 saturated carbocycles. The van der Waals surface area contributed by atoms with Gasteiger partial charge in [0.25, 0.3) is 0 Å². The Morgan fingerprint density at radius 3 is 1.37 bits per heavy atom. The zero-order valence-corrected chi connectivity index (χ0v) is 21.1. The lowest BCUT2D eigenvalue weighted by molar-refractivity contribution is -0.143. The van der Waals surface area contributed by atoms with Gasteiger partial charge in [-0.1, -0.05) is 130 Å². The van der Waals surface area contributed by atoms with Crippen LogP contribution in [0.15, 0.2) is 0 Å². The molecule has 0 aromatic carbocycles. The van der Waals surface area contributed by atoms with E-state index < -0.39 is 0 Å². The van der Waals surface area contributed by atoms with E-state index in [4.69, 9.17) is 0 Å².